The molecule has 0 N–H and O–H groups in total. The van der Waals surface area contributed by atoms with Gasteiger partial charge in [0.2, 0.25) is 0 Å². The number of hydrogen-bond donors (Lipinski definition) is 0. The van der Waals surface area contributed by atoms with Crippen molar-refractivity contribution in [3.05, 3.63) is 0 Å². The van der Waals surface area contributed by atoms with Crippen molar-refractivity contribution in [2.24, 2.45) is 0 Å². The number of methoxy groups -OCH3 is 1. The summed E-state index contributed by atoms with van der Waals surface area (Å²) in [5.41, 5.74) is 0. The molecule has 12 heavy (non-hydrogen) atoms. The lowest BCUT2D eigenvalue weighted by Crippen LogP contribution is -2.43. The highest BCUT2D eigenvalue weighted by Gasteiger charge is 2.33. The van der Waals surface area contributed by atoms with Crippen molar-refractivity contribution in [1.82, 2.24) is 0 Å². The van der Waals surface area contributed by atoms with E-state index < -0.39 is 0 Å². The quantitative estimate of drug-likeness (QED) is 0.597. The van der Waals surface area contributed by atoms with E-state index >= 15 is 0 Å². The smallest absolute Gasteiger partial charge is 0.157 e. The predicted molar refractivity (Wildman–Crippen MR) is 43.9 cm³/mol. The van der Waals surface area contributed by atoms with Crippen molar-refractivity contribution in [2.75, 3.05) is 13.7 Å². The van der Waals surface area contributed by atoms with Crippen molar-refractivity contribution in [1.29, 1.82) is 0 Å². The van der Waals surface area contributed by atoms with Crippen LogP contribution in [0, 0.1) is 0 Å². The summed E-state index contributed by atoms with van der Waals surface area (Å²) in [4.78, 5) is 0. The van der Waals surface area contributed by atoms with Crippen molar-refractivity contribution in [3.63, 3.8) is 0 Å². The van der Waals surface area contributed by atoms with Crippen LogP contribution in [0.5, 0.6) is 0 Å². The number of ether oxygens (including phenoxy) is 3. The minimum absolute atomic E-state index is 0.00736. The van der Waals surface area contributed by atoms with Gasteiger partial charge in [-0.2, -0.15) is 0 Å². The van der Waals surface area contributed by atoms with Gasteiger partial charge >= 0.3 is 0 Å². The van der Waals surface area contributed by atoms with Crippen LogP contribution in [0.1, 0.15) is 25.7 Å². The van der Waals surface area contributed by atoms with Crippen molar-refractivity contribution < 1.29 is 14.2 Å². The van der Waals surface area contributed by atoms with Crippen molar-refractivity contribution in [3.8, 4) is 0 Å². The normalized spacial score (nSPS) is 42.2. The van der Waals surface area contributed by atoms with Gasteiger partial charge in [0.25, 0.3) is 0 Å². The Balaban J connectivity index is 1.90. The van der Waals surface area contributed by atoms with E-state index in [4.69, 9.17) is 14.2 Å². The number of hydrogen-bond acceptors (Lipinski definition) is 3. The van der Waals surface area contributed by atoms with Gasteiger partial charge in [0.1, 0.15) is 0 Å². The van der Waals surface area contributed by atoms with Crippen LogP contribution in [0.25, 0.3) is 0 Å². The Morgan fingerprint density at radius 3 is 2.92 bits per heavy atom. The highest BCUT2D eigenvalue weighted by atomic mass is 16.7. The maximum absolute atomic E-state index is 5.69. The fourth-order valence-electron chi connectivity index (χ4n) is 1.97. The highest BCUT2D eigenvalue weighted by Crippen LogP contribution is 2.28. The summed E-state index contributed by atoms with van der Waals surface area (Å²) in [6.45, 7) is 0.905. The van der Waals surface area contributed by atoms with E-state index in [1.165, 1.54) is 0 Å². The zero-order valence-corrected chi connectivity index (χ0v) is 7.49. The zero-order valence-electron chi connectivity index (χ0n) is 7.49. The van der Waals surface area contributed by atoms with Crippen molar-refractivity contribution in [2.45, 2.75) is 44.2 Å². The van der Waals surface area contributed by atoms with E-state index in [2.05, 4.69) is 0 Å². The average molecular weight is 172 g/mol. The average Bonchev–Trinajstić information content (AvgIpc) is 2.17. The van der Waals surface area contributed by atoms with Gasteiger partial charge in [-0.15, -0.1) is 0 Å². The fourth-order valence-corrected chi connectivity index (χ4v) is 1.97. The van der Waals surface area contributed by atoms with E-state index in [1.807, 2.05) is 0 Å². The third-order valence-corrected chi connectivity index (χ3v) is 2.66. The molecule has 2 aliphatic heterocycles. The van der Waals surface area contributed by atoms with Gasteiger partial charge in [0, 0.05) is 20.1 Å². The van der Waals surface area contributed by atoms with Crippen LogP contribution in [-0.4, -0.2) is 32.2 Å². The van der Waals surface area contributed by atoms with E-state index in [0.29, 0.717) is 6.10 Å². The first kappa shape index (κ1) is 8.48. The first-order chi connectivity index (χ1) is 5.90. The van der Waals surface area contributed by atoms with Gasteiger partial charge in [0.15, 0.2) is 6.29 Å². The van der Waals surface area contributed by atoms with Crippen LogP contribution >= 0.6 is 0 Å². The summed E-state index contributed by atoms with van der Waals surface area (Å²) >= 11 is 0. The minimum Gasteiger partial charge on any atom is -0.376 e. The summed E-state index contributed by atoms with van der Waals surface area (Å²) < 4.78 is 16.4. The highest BCUT2D eigenvalue weighted by molar-refractivity contribution is 4.79. The Bertz CT molecular complexity index is 149. The molecule has 2 rings (SSSR count). The van der Waals surface area contributed by atoms with Gasteiger partial charge in [-0.25, -0.2) is 0 Å². The molecule has 70 valence electrons. The van der Waals surface area contributed by atoms with Gasteiger partial charge in [-0.3, -0.25) is 0 Å². The lowest BCUT2D eigenvalue weighted by molar-refractivity contribution is -0.233. The lowest BCUT2D eigenvalue weighted by atomic mass is 9.98. The monoisotopic (exact) mass is 172 g/mol. The Kier molecular flexibility index (Phi) is 2.63. The van der Waals surface area contributed by atoms with Crippen LogP contribution in [0.4, 0.5) is 0 Å². The second-order valence-corrected chi connectivity index (χ2v) is 3.47. The molecule has 2 heterocycles. The van der Waals surface area contributed by atoms with Crippen LogP contribution in [-0.2, 0) is 14.2 Å². The molecule has 3 nitrogen and oxygen atoms in total. The molecule has 0 aromatic rings. The first-order valence-corrected chi connectivity index (χ1v) is 4.70. The molecule has 2 aliphatic rings. The predicted octanol–water partition coefficient (Wildman–Crippen LogP) is 1.32. The fraction of sp³-hybridized carbons (Fsp3) is 1.00. The maximum Gasteiger partial charge on any atom is 0.157 e. The van der Waals surface area contributed by atoms with Gasteiger partial charge < -0.3 is 14.2 Å². The molecule has 0 bridgehead atoms. The largest absolute Gasteiger partial charge is 0.376 e. The summed E-state index contributed by atoms with van der Waals surface area (Å²) in [6.07, 6.45) is 4.94. The first-order valence-electron chi connectivity index (χ1n) is 4.70. The molecule has 0 spiro atoms. The molecule has 0 aromatic heterocycles. The molecule has 3 atom stereocenters. The molecule has 0 saturated carbocycles. The zero-order chi connectivity index (χ0) is 8.39. The van der Waals surface area contributed by atoms with E-state index in [9.17, 15) is 0 Å². The molecule has 0 aliphatic carbocycles. The van der Waals surface area contributed by atoms with Gasteiger partial charge in [0.05, 0.1) is 12.2 Å². The summed E-state index contributed by atoms with van der Waals surface area (Å²) in [5.74, 6) is 0. The van der Waals surface area contributed by atoms with Crippen LogP contribution in [0.15, 0.2) is 0 Å². The third-order valence-electron chi connectivity index (χ3n) is 2.66. The molecule has 0 aromatic carbocycles. The van der Waals surface area contributed by atoms with E-state index in [0.717, 1.165) is 32.3 Å². The third kappa shape index (κ3) is 1.63. The lowest BCUT2D eigenvalue weighted by Gasteiger charge is -2.38. The molecular formula is C9H16O3. The SMILES string of the molecule is CO[C@@H]1CCC2OCCCC2O1. The second-order valence-electron chi connectivity index (χ2n) is 3.47. The Hall–Kier alpha value is -0.120. The van der Waals surface area contributed by atoms with Crippen molar-refractivity contribution >= 4 is 0 Å². The van der Waals surface area contributed by atoms with E-state index in [-0.39, 0.29) is 12.4 Å². The van der Waals surface area contributed by atoms with E-state index in [1.54, 1.807) is 7.11 Å². The molecular weight excluding hydrogens is 156 g/mol. The second kappa shape index (κ2) is 3.73. The Morgan fingerprint density at radius 2 is 2.08 bits per heavy atom. The number of rotatable bonds is 1. The standard InChI is InChI=1S/C9H16O3/c1-10-9-5-4-7-8(12-9)3-2-6-11-7/h7-9H,2-6H2,1H3/t7?,8?,9-/m0/s1. The molecule has 0 amide bonds. The maximum atomic E-state index is 5.69. The molecule has 2 saturated heterocycles. The Morgan fingerprint density at radius 1 is 1.17 bits per heavy atom. The molecule has 2 unspecified atom stereocenters. The Labute approximate surface area is 73.0 Å². The van der Waals surface area contributed by atoms with Crippen LogP contribution in [0.3, 0.4) is 0 Å². The molecule has 0 radical (unpaired) electrons. The number of fused-ring (bicyclic) bond motifs is 1. The summed E-state index contributed by atoms with van der Waals surface area (Å²) in [5, 5.41) is 0. The minimum atomic E-state index is 0.00736. The molecule has 3 heteroatoms. The summed E-state index contributed by atoms with van der Waals surface area (Å²) in [6, 6.07) is 0. The summed E-state index contributed by atoms with van der Waals surface area (Å²) in [7, 11) is 1.70. The van der Waals surface area contributed by atoms with Crippen LogP contribution < -0.4 is 0 Å². The van der Waals surface area contributed by atoms with Crippen LogP contribution in [0.2, 0.25) is 0 Å². The molecule has 2 fully saturated rings. The van der Waals surface area contributed by atoms with Gasteiger partial charge in [-0.1, -0.05) is 0 Å². The van der Waals surface area contributed by atoms with Gasteiger partial charge in [-0.05, 0) is 19.3 Å². The topological polar surface area (TPSA) is 27.7 Å².